The predicted octanol–water partition coefficient (Wildman–Crippen LogP) is 2.45. The van der Waals surface area contributed by atoms with Crippen molar-refractivity contribution in [3.8, 4) is 11.5 Å². The van der Waals surface area contributed by atoms with Crippen LogP contribution in [0.4, 0.5) is 5.69 Å². The topological polar surface area (TPSA) is 87.6 Å². The van der Waals surface area contributed by atoms with Crippen LogP contribution in [0.15, 0.2) is 12.1 Å². The van der Waals surface area contributed by atoms with Crippen LogP contribution in [-0.2, 0) is 0 Å². The van der Waals surface area contributed by atoms with E-state index in [9.17, 15) is 10.1 Å². The highest BCUT2D eigenvalue weighted by atomic mass is 16.6. The first kappa shape index (κ1) is 14.6. The van der Waals surface area contributed by atoms with E-state index >= 15 is 0 Å². The van der Waals surface area contributed by atoms with E-state index in [1.165, 1.54) is 6.07 Å². The van der Waals surface area contributed by atoms with Gasteiger partial charge in [0.15, 0.2) is 11.5 Å². The summed E-state index contributed by atoms with van der Waals surface area (Å²) < 4.78 is 10.9. The van der Waals surface area contributed by atoms with E-state index < -0.39 is 0 Å². The molecule has 0 bridgehead atoms. The van der Waals surface area contributed by atoms with Gasteiger partial charge in [0.2, 0.25) is 0 Å². The second-order valence-corrected chi connectivity index (χ2v) is 5.44. The summed E-state index contributed by atoms with van der Waals surface area (Å²) in [6.45, 7) is 6.74. The van der Waals surface area contributed by atoms with Crippen LogP contribution in [0.5, 0.6) is 11.5 Å². The fourth-order valence-corrected chi connectivity index (χ4v) is 2.77. The zero-order valence-electron chi connectivity index (χ0n) is 12.0. The molecule has 0 amide bonds. The van der Waals surface area contributed by atoms with Crippen molar-refractivity contribution in [2.75, 3.05) is 13.2 Å². The van der Waals surface area contributed by atoms with Crippen molar-refractivity contribution >= 4 is 5.69 Å². The maximum absolute atomic E-state index is 11.3. The first-order valence-corrected chi connectivity index (χ1v) is 6.75. The Labute approximate surface area is 118 Å². The summed E-state index contributed by atoms with van der Waals surface area (Å²) in [6, 6.07) is 2.97. The van der Waals surface area contributed by atoms with E-state index in [0.717, 1.165) is 0 Å². The number of hydrogen-bond acceptors (Lipinski definition) is 5. The maximum Gasteiger partial charge on any atom is 0.276 e. The summed E-state index contributed by atoms with van der Waals surface area (Å²) in [6.07, 6.45) is 0. The number of nitro groups is 1. The molecule has 20 heavy (non-hydrogen) atoms. The van der Waals surface area contributed by atoms with Gasteiger partial charge in [0.05, 0.1) is 11.0 Å². The highest BCUT2D eigenvalue weighted by Gasteiger charge is 2.30. The number of hydrogen-bond donors (Lipinski definition) is 1. The van der Waals surface area contributed by atoms with Crippen LogP contribution in [0.2, 0.25) is 0 Å². The van der Waals surface area contributed by atoms with Gasteiger partial charge in [-0.2, -0.15) is 0 Å². The Kier molecular flexibility index (Phi) is 4.13. The summed E-state index contributed by atoms with van der Waals surface area (Å²) in [5, 5.41) is 11.3. The van der Waals surface area contributed by atoms with Gasteiger partial charge in [0.25, 0.3) is 5.69 Å². The van der Waals surface area contributed by atoms with Crippen LogP contribution >= 0.6 is 0 Å². The third-order valence-corrected chi connectivity index (χ3v) is 3.53. The summed E-state index contributed by atoms with van der Waals surface area (Å²) in [5.74, 6) is 1.07. The lowest BCUT2D eigenvalue weighted by Gasteiger charge is -2.27. The van der Waals surface area contributed by atoms with Gasteiger partial charge < -0.3 is 15.2 Å². The molecule has 6 heteroatoms. The highest BCUT2D eigenvalue weighted by molar-refractivity contribution is 5.56. The lowest BCUT2D eigenvalue weighted by molar-refractivity contribution is -0.385. The normalized spacial score (nSPS) is 16.9. The summed E-state index contributed by atoms with van der Waals surface area (Å²) in [7, 11) is 0. The molecule has 0 aromatic heterocycles. The van der Waals surface area contributed by atoms with E-state index in [4.69, 9.17) is 15.2 Å². The molecule has 2 rings (SSSR count). The second kappa shape index (κ2) is 5.66. The van der Waals surface area contributed by atoms with Crippen molar-refractivity contribution in [2.45, 2.75) is 32.7 Å². The van der Waals surface area contributed by atoms with Crippen molar-refractivity contribution in [2.24, 2.45) is 11.7 Å². The molecule has 1 aliphatic rings. The molecule has 1 aromatic carbocycles. The Morgan fingerprint density at radius 3 is 2.20 bits per heavy atom. The average molecular weight is 280 g/mol. The van der Waals surface area contributed by atoms with Gasteiger partial charge in [-0.15, -0.1) is 0 Å². The maximum atomic E-state index is 11.3. The summed E-state index contributed by atoms with van der Waals surface area (Å²) in [4.78, 5) is 10.9. The van der Waals surface area contributed by atoms with Gasteiger partial charge >= 0.3 is 0 Å². The molecule has 2 unspecified atom stereocenters. The summed E-state index contributed by atoms with van der Waals surface area (Å²) >= 11 is 0. The van der Waals surface area contributed by atoms with Crippen molar-refractivity contribution in [3.05, 3.63) is 27.8 Å². The molecular formula is C14H20N2O4. The van der Waals surface area contributed by atoms with Gasteiger partial charge in [-0.3, -0.25) is 10.1 Å². The zero-order valence-corrected chi connectivity index (χ0v) is 12.0. The molecule has 1 aromatic rings. The Balaban J connectivity index is 2.57. The summed E-state index contributed by atoms with van der Waals surface area (Å²) in [5.41, 5.74) is 6.68. The molecule has 0 saturated carbocycles. The molecule has 2 atom stereocenters. The van der Waals surface area contributed by atoms with Gasteiger partial charge in [-0.1, -0.05) is 13.8 Å². The number of nitrogens with zero attached hydrogens (tertiary/aromatic N) is 1. The molecule has 0 aliphatic carbocycles. The minimum Gasteiger partial charge on any atom is -0.486 e. The third-order valence-electron chi connectivity index (χ3n) is 3.53. The molecule has 0 fully saturated rings. The highest BCUT2D eigenvalue weighted by Crippen LogP contribution is 2.42. The Hall–Kier alpha value is -1.82. The van der Waals surface area contributed by atoms with Crippen molar-refractivity contribution in [3.63, 3.8) is 0 Å². The largest absolute Gasteiger partial charge is 0.486 e. The second-order valence-electron chi connectivity index (χ2n) is 5.44. The number of rotatable bonds is 4. The standard InChI is InChI=1S/C14H20N2O4/c1-8(2)14(9(3)15)10-6-12-13(20-5-4-19-12)7-11(10)16(17)18/h6-9,14H,4-5,15H2,1-3H3. The number of fused-ring (bicyclic) bond motifs is 1. The number of ether oxygens (including phenoxy) is 2. The number of benzene rings is 1. The van der Waals surface area contributed by atoms with Crippen LogP contribution in [-0.4, -0.2) is 24.2 Å². The van der Waals surface area contributed by atoms with Crippen LogP contribution in [0.1, 0.15) is 32.3 Å². The molecule has 1 heterocycles. The van der Waals surface area contributed by atoms with Gasteiger partial charge in [-0.05, 0) is 18.9 Å². The van der Waals surface area contributed by atoms with Gasteiger partial charge in [0.1, 0.15) is 13.2 Å². The molecule has 0 radical (unpaired) electrons. The van der Waals surface area contributed by atoms with E-state index in [0.29, 0.717) is 30.3 Å². The van der Waals surface area contributed by atoms with Crippen molar-refractivity contribution in [1.29, 1.82) is 0 Å². The fourth-order valence-electron chi connectivity index (χ4n) is 2.77. The van der Waals surface area contributed by atoms with Crippen molar-refractivity contribution in [1.82, 2.24) is 0 Å². The molecule has 6 nitrogen and oxygen atoms in total. The number of nitrogens with two attached hydrogens (primary N) is 1. The Morgan fingerprint density at radius 1 is 1.20 bits per heavy atom. The molecule has 0 saturated heterocycles. The molecule has 2 N–H and O–H groups in total. The van der Waals surface area contributed by atoms with Crippen LogP contribution in [0.3, 0.4) is 0 Å². The molecule has 1 aliphatic heterocycles. The Morgan fingerprint density at radius 2 is 1.75 bits per heavy atom. The van der Waals surface area contributed by atoms with Gasteiger partial charge in [0, 0.05) is 17.5 Å². The van der Waals surface area contributed by atoms with E-state index in [1.54, 1.807) is 6.07 Å². The smallest absolute Gasteiger partial charge is 0.276 e. The quantitative estimate of drug-likeness (QED) is 0.676. The average Bonchev–Trinajstić information content (AvgIpc) is 2.36. The Bertz CT molecular complexity index is 506. The van der Waals surface area contributed by atoms with Crippen LogP contribution in [0, 0.1) is 16.0 Å². The van der Waals surface area contributed by atoms with Crippen LogP contribution < -0.4 is 15.2 Å². The van der Waals surface area contributed by atoms with Gasteiger partial charge in [-0.25, -0.2) is 0 Å². The minimum atomic E-state index is -0.384. The lowest BCUT2D eigenvalue weighted by atomic mass is 9.82. The molecule has 0 spiro atoms. The third kappa shape index (κ3) is 2.70. The minimum absolute atomic E-state index is 0.0465. The first-order chi connectivity index (χ1) is 9.41. The molecular weight excluding hydrogens is 260 g/mol. The zero-order chi connectivity index (χ0) is 14.9. The predicted molar refractivity (Wildman–Crippen MR) is 75.3 cm³/mol. The van der Waals surface area contributed by atoms with Crippen LogP contribution in [0.25, 0.3) is 0 Å². The fraction of sp³-hybridized carbons (Fsp3) is 0.571. The van der Waals surface area contributed by atoms with E-state index in [-0.39, 0.29) is 28.5 Å². The van der Waals surface area contributed by atoms with E-state index in [2.05, 4.69) is 0 Å². The van der Waals surface area contributed by atoms with E-state index in [1.807, 2.05) is 20.8 Å². The van der Waals surface area contributed by atoms with Crippen molar-refractivity contribution < 1.29 is 14.4 Å². The number of nitro benzene ring substituents is 1. The monoisotopic (exact) mass is 280 g/mol. The molecule has 110 valence electrons. The first-order valence-electron chi connectivity index (χ1n) is 6.75. The SMILES string of the molecule is CC(C)C(c1cc2c(cc1[N+](=O)[O-])OCCO2)C(C)N. The lowest BCUT2D eigenvalue weighted by Crippen LogP contribution is -2.29.